The molecule has 0 saturated heterocycles. The molecule has 1 amide bonds. The van der Waals surface area contributed by atoms with Crippen molar-refractivity contribution in [3.63, 3.8) is 0 Å². The molecular weight excluding hydrogens is 278 g/mol. The summed E-state index contributed by atoms with van der Waals surface area (Å²) in [6, 6.07) is 1.69. The number of aromatic nitrogens is 2. The number of nitrogens with zero attached hydrogens (tertiary/aromatic N) is 2. The average molecular weight is 293 g/mol. The molecule has 2 aromatic heterocycles. The standard InChI is InChI=1S/C13H15N3O3S/c1-7(12(14)17)19-13(18)11-4-9(5-16(11)3)10-6-20-8(2)15-10/h4-7H,1-3H3,(H2,14,17)/t7-/m1/s1. The Morgan fingerprint density at radius 1 is 1.50 bits per heavy atom. The predicted molar refractivity (Wildman–Crippen MR) is 75.3 cm³/mol. The molecule has 0 unspecified atom stereocenters. The van der Waals surface area contributed by atoms with Gasteiger partial charge in [-0.15, -0.1) is 11.3 Å². The molecule has 2 heterocycles. The lowest BCUT2D eigenvalue weighted by atomic mass is 10.2. The first-order valence-corrected chi connectivity index (χ1v) is 6.85. The highest BCUT2D eigenvalue weighted by molar-refractivity contribution is 7.09. The van der Waals surface area contributed by atoms with Gasteiger partial charge in [0.25, 0.3) is 5.91 Å². The van der Waals surface area contributed by atoms with Gasteiger partial charge in [0.2, 0.25) is 0 Å². The summed E-state index contributed by atoms with van der Waals surface area (Å²) in [6.45, 7) is 3.36. The van der Waals surface area contributed by atoms with Crippen molar-refractivity contribution in [3.05, 3.63) is 28.3 Å². The Balaban J connectivity index is 2.23. The zero-order valence-electron chi connectivity index (χ0n) is 11.4. The second kappa shape index (κ2) is 5.46. The van der Waals surface area contributed by atoms with Gasteiger partial charge in [0, 0.05) is 24.2 Å². The van der Waals surface area contributed by atoms with Crippen LogP contribution in [-0.2, 0) is 16.6 Å². The van der Waals surface area contributed by atoms with E-state index in [2.05, 4.69) is 4.98 Å². The van der Waals surface area contributed by atoms with Crippen LogP contribution in [0.3, 0.4) is 0 Å². The molecule has 2 aromatic rings. The Bertz CT molecular complexity index is 660. The number of thiazole rings is 1. The van der Waals surface area contributed by atoms with Crippen molar-refractivity contribution in [2.24, 2.45) is 12.8 Å². The van der Waals surface area contributed by atoms with E-state index in [4.69, 9.17) is 10.5 Å². The molecule has 1 atom stereocenters. The number of primary amides is 1. The lowest BCUT2D eigenvalue weighted by Gasteiger charge is -2.09. The van der Waals surface area contributed by atoms with Gasteiger partial charge in [-0.1, -0.05) is 0 Å². The van der Waals surface area contributed by atoms with E-state index in [1.807, 2.05) is 12.3 Å². The lowest BCUT2D eigenvalue weighted by molar-refractivity contribution is -0.125. The summed E-state index contributed by atoms with van der Waals surface area (Å²) >= 11 is 1.54. The van der Waals surface area contributed by atoms with Crippen molar-refractivity contribution in [1.82, 2.24) is 9.55 Å². The number of carbonyl (C=O) groups excluding carboxylic acids is 2. The summed E-state index contributed by atoms with van der Waals surface area (Å²) in [5.41, 5.74) is 7.05. The van der Waals surface area contributed by atoms with E-state index in [9.17, 15) is 9.59 Å². The van der Waals surface area contributed by atoms with E-state index in [-0.39, 0.29) is 0 Å². The first-order valence-electron chi connectivity index (χ1n) is 5.97. The molecule has 7 heteroatoms. The van der Waals surface area contributed by atoms with Crippen molar-refractivity contribution in [3.8, 4) is 11.3 Å². The number of carbonyl (C=O) groups is 2. The van der Waals surface area contributed by atoms with Crippen LogP contribution in [0.15, 0.2) is 17.6 Å². The van der Waals surface area contributed by atoms with Gasteiger partial charge in [0.15, 0.2) is 6.10 Å². The van der Waals surface area contributed by atoms with Crippen LogP contribution in [0.25, 0.3) is 11.3 Å². The third-order valence-corrected chi connectivity index (χ3v) is 3.59. The molecule has 0 bridgehead atoms. The van der Waals surface area contributed by atoms with Gasteiger partial charge in [-0.2, -0.15) is 0 Å². The van der Waals surface area contributed by atoms with Gasteiger partial charge in [0.05, 0.1) is 10.7 Å². The minimum absolute atomic E-state index is 0.346. The minimum Gasteiger partial charge on any atom is -0.448 e. The van der Waals surface area contributed by atoms with Crippen LogP contribution in [-0.4, -0.2) is 27.5 Å². The van der Waals surface area contributed by atoms with Crippen LogP contribution in [0.2, 0.25) is 0 Å². The fourth-order valence-corrected chi connectivity index (χ4v) is 2.30. The second-order valence-electron chi connectivity index (χ2n) is 4.43. The van der Waals surface area contributed by atoms with Gasteiger partial charge >= 0.3 is 5.97 Å². The molecule has 6 nitrogen and oxygen atoms in total. The Morgan fingerprint density at radius 2 is 2.20 bits per heavy atom. The van der Waals surface area contributed by atoms with E-state index in [1.54, 1.807) is 23.9 Å². The highest BCUT2D eigenvalue weighted by Gasteiger charge is 2.20. The molecule has 0 saturated carbocycles. The fraction of sp³-hybridized carbons (Fsp3) is 0.308. The molecule has 0 aromatic carbocycles. The average Bonchev–Trinajstić information content (AvgIpc) is 2.95. The number of nitrogens with two attached hydrogens (primary N) is 1. The number of aryl methyl sites for hydroxylation is 2. The van der Waals surface area contributed by atoms with Crippen LogP contribution in [0.1, 0.15) is 22.4 Å². The van der Waals surface area contributed by atoms with Crippen LogP contribution >= 0.6 is 11.3 Å². The summed E-state index contributed by atoms with van der Waals surface area (Å²) in [5.74, 6) is -1.26. The number of amides is 1. The molecular formula is C13H15N3O3S. The van der Waals surface area contributed by atoms with Crippen LogP contribution < -0.4 is 5.73 Å². The molecule has 0 aliphatic rings. The molecule has 2 N–H and O–H groups in total. The maximum Gasteiger partial charge on any atom is 0.355 e. The summed E-state index contributed by atoms with van der Waals surface area (Å²) in [4.78, 5) is 27.2. The van der Waals surface area contributed by atoms with Crippen molar-refractivity contribution < 1.29 is 14.3 Å². The quantitative estimate of drug-likeness (QED) is 0.865. The summed E-state index contributed by atoms with van der Waals surface area (Å²) in [7, 11) is 1.73. The van der Waals surface area contributed by atoms with Crippen LogP contribution in [0.4, 0.5) is 0 Å². The second-order valence-corrected chi connectivity index (χ2v) is 5.49. The van der Waals surface area contributed by atoms with Crippen molar-refractivity contribution in [2.45, 2.75) is 20.0 Å². The van der Waals surface area contributed by atoms with E-state index >= 15 is 0 Å². The predicted octanol–water partition coefficient (Wildman–Crippen LogP) is 1.49. The minimum atomic E-state index is -0.956. The summed E-state index contributed by atoms with van der Waals surface area (Å²) in [5, 5.41) is 2.88. The zero-order chi connectivity index (χ0) is 14.9. The number of ether oxygens (including phenoxy) is 1. The highest BCUT2D eigenvalue weighted by Crippen LogP contribution is 2.24. The Labute approximate surface area is 120 Å². The normalized spacial score (nSPS) is 12.2. The van der Waals surface area contributed by atoms with Crippen LogP contribution in [0, 0.1) is 6.92 Å². The molecule has 0 aliphatic heterocycles. The molecule has 0 radical (unpaired) electrons. The van der Waals surface area contributed by atoms with E-state index in [1.165, 1.54) is 18.3 Å². The highest BCUT2D eigenvalue weighted by atomic mass is 32.1. The van der Waals surface area contributed by atoms with Gasteiger partial charge < -0.3 is 15.0 Å². The third kappa shape index (κ3) is 2.88. The number of rotatable bonds is 4. The smallest absolute Gasteiger partial charge is 0.355 e. The molecule has 0 aliphatic carbocycles. The SMILES string of the molecule is Cc1nc(-c2cc(C(=O)O[C@H](C)C(N)=O)n(C)c2)cs1. The van der Waals surface area contributed by atoms with Crippen molar-refractivity contribution >= 4 is 23.2 Å². The van der Waals surface area contributed by atoms with E-state index in [0.717, 1.165) is 16.3 Å². The molecule has 106 valence electrons. The lowest BCUT2D eigenvalue weighted by Crippen LogP contribution is -2.30. The van der Waals surface area contributed by atoms with Gasteiger partial charge in [-0.25, -0.2) is 9.78 Å². The van der Waals surface area contributed by atoms with Gasteiger partial charge in [0.1, 0.15) is 5.69 Å². The maximum absolute atomic E-state index is 12.0. The topological polar surface area (TPSA) is 87.2 Å². The molecule has 2 rings (SSSR count). The monoisotopic (exact) mass is 293 g/mol. The maximum atomic E-state index is 12.0. The third-order valence-electron chi connectivity index (χ3n) is 2.81. The molecule has 0 spiro atoms. The van der Waals surface area contributed by atoms with Gasteiger partial charge in [-0.05, 0) is 19.9 Å². The first kappa shape index (κ1) is 14.3. The molecule has 20 heavy (non-hydrogen) atoms. The van der Waals surface area contributed by atoms with Crippen molar-refractivity contribution in [1.29, 1.82) is 0 Å². The Morgan fingerprint density at radius 3 is 2.75 bits per heavy atom. The van der Waals surface area contributed by atoms with Gasteiger partial charge in [-0.3, -0.25) is 4.79 Å². The number of hydrogen-bond acceptors (Lipinski definition) is 5. The Hall–Kier alpha value is -2.15. The largest absolute Gasteiger partial charge is 0.448 e. The number of esters is 1. The summed E-state index contributed by atoms with van der Waals surface area (Å²) in [6.07, 6.45) is 0.836. The van der Waals surface area contributed by atoms with Crippen LogP contribution in [0.5, 0.6) is 0 Å². The Kier molecular flexibility index (Phi) is 3.89. The fourth-order valence-electron chi connectivity index (χ4n) is 1.68. The first-order chi connectivity index (χ1) is 9.38. The number of hydrogen-bond donors (Lipinski definition) is 1. The zero-order valence-corrected chi connectivity index (χ0v) is 12.2. The van der Waals surface area contributed by atoms with Crippen molar-refractivity contribution in [2.75, 3.05) is 0 Å². The molecule has 0 fully saturated rings. The van der Waals surface area contributed by atoms with E-state index in [0.29, 0.717) is 5.69 Å². The summed E-state index contributed by atoms with van der Waals surface area (Å²) < 4.78 is 6.62. The van der Waals surface area contributed by atoms with E-state index < -0.39 is 18.0 Å².